The van der Waals surface area contributed by atoms with Gasteiger partial charge in [0.15, 0.2) is 0 Å². The van der Waals surface area contributed by atoms with Gasteiger partial charge in [-0.05, 0) is 23.0 Å². The van der Waals surface area contributed by atoms with Crippen molar-refractivity contribution in [2.45, 2.75) is 41.5 Å². The number of carbonyl (C=O) groups excluding carboxylic acids is 2. The minimum Gasteiger partial charge on any atom is -0.497 e. The predicted molar refractivity (Wildman–Crippen MR) is 110 cm³/mol. The van der Waals surface area contributed by atoms with Gasteiger partial charge in [-0.2, -0.15) is 0 Å². The van der Waals surface area contributed by atoms with E-state index in [1.165, 1.54) is 6.26 Å². The number of methoxy groups -OCH3 is 1. The van der Waals surface area contributed by atoms with Gasteiger partial charge in [0.05, 0.1) is 20.3 Å². The highest BCUT2D eigenvalue weighted by molar-refractivity contribution is 6.07. The molecule has 158 valence electrons. The molecule has 0 aliphatic carbocycles. The molecule has 29 heavy (non-hydrogen) atoms. The molecular formula is C23H30O6. The molecule has 0 bridgehead atoms. The van der Waals surface area contributed by atoms with Crippen molar-refractivity contribution in [1.82, 2.24) is 0 Å². The number of furan rings is 1. The molecular weight excluding hydrogens is 372 g/mol. The summed E-state index contributed by atoms with van der Waals surface area (Å²) in [7, 11) is 1.55. The van der Waals surface area contributed by atoms with E-state index < -0.39 is 11.9 Å². The van der Waals surface area contributed by atoms with E-state index in [0.29, 0.717) is 11.3 Å². The van der Waals surface area contributed by atoms with Crippen LogP contribution in [0.15, 0.2) is 34.9 Å². The lowest BCUT2D eigenvalue weighted by Gasteiger charge is -2.19. The van der Waals surface area contributed by atoms with Gasteiger partial charge in [0, 0.05) is 5.56 Å². The Bertz CT molecular complexity index is 864. The van der Waals surface area contributed by atoms with Crippen molar-refractivity contribution in [1.29, 1.82) is 0 Å². The second-order valence-electron chi connectivity index (χ2n) is 9.36. The van der Waals surface area contributed by atoms with Crippen LogP contribution < -0.4 is 4.74 Å². The van der Waals surface area contributed by atoms with Crippen LogP contribution in [0.5, 0.6) is 5.75 Å². The Kier molecular flexibility index (Phi) is 6.77. The van der Waals surface area contributed by atoms with Crippen molar-refractivity contribution in [2.75, 3.05) is 20.3 Å². The summed E-state index contributed by atoms with van der Waals surface area (Å²) in [5.41, 5.74) is 0.277. The highest BCUT2D eigenvalue weighted by atomic mass is 16.5. The molecule has 6 heteroatoms. The van der Waals surface area contributed by atoms with Crippen LogP contribution in [0.1, 0.15) is 62.3 Å². The zero-order valence-electron chi connectivity index (χ0n) is 18.3. The second kappa shape index (κ2) is 8.72. The fraction of sp³-hybridized carbons (Fsp3) is 0.478. The number of hydrogen-bond donors (Lipinski definition) is 0. The van der Waals surface area contributed by atoms with Gasteiger partial charge >= 0.3 is 11.9 Å². The third kappa shape index (κ3) is 6.38. The first kappa shape index (κ1) is 22.5. The molecule has 1 heterocycles. The molecule has 6 nitrogen and oxygen atoms in total. The second-order valence-corrected chi connectivity index (χ2v) is 9.36. The highest BCUT2D eigenvalue weighted by Crippen LogP contribution is 2.32. The topological polar surface area (TPSA) is 75.0 Å². The van der Waals surface area contributed by atoms with Crippen molar-refractivity contribution in [2.24, 2.45) is 10.8 Å². The van der Waals surface area contributed by atoms with E-state index in [1.54, 1.807) is 31.4 Å². The first-order chi connectivity index (χ1) is 13.4. The summed E-state index contributed by atoms with van der Waals surface area (Å²) in [6.07, 6.45) is 1.24. The smallest absolute Gasteiger partial charge is 0.343 e. The third-order valence-electron chi connectivity index (χ3n) is 3.82. The Morgan fingerprint density at radius 1 is 0.931 bits per heavy atom. The number of carbonyl (C=O) groups is 2. The van der Waals surface area contributed by atoms with Gasteiger partial charge in [-0.25, -0.2) is 9.59 Å². The number of rotatable bonds is 6. The van der Waals surface area contributed by atoms with E-state index in [2.05, 4.69) is 0 Å². The van der Waals surface area contributed by atoms with Crippen LogP contribution in [0.25, 0.3) is 11.3 Å². The number of ether oxygens (including phenoxy) is 3. The Hall–Kier alpha value is -2.76. The largest absolute Gasteiger partial charge is 0.497 e. The monoisotopic (exact) mass is 402 g/mol. The van der Waals surface area contributed by atoms with Gasteiger partial charge in [-0.1, -0.05) is 53.7 Å². The summed E-state index contributed by atoms with van der Waals surface area (Å²) < 4.78 is 21.7. The molecule has 0 radical (unpaired) electrons. The van der Waals surface area contributed by atoms with E-state index in [9.17, 15) is 9.59 Å². The average molecular weight is 402 g/mol. The van der Waals surface area contributed by atoms with Crippen LogP contribution in [0.4, 0.5) is 0 Å². The van der Waals surface area contributed by atoms with Crippen LogP contribution in [-0.2, 0) is 9.47 Å². The van der Waals surface area contributed by atoms with E-state index >= 15 is 0 Å². The molecule has 0 aliphatic rings. The van der Waals surface area contributed by atoms with E-state index in [0.717, 1.165) is 0 Å². The Morgan fingerprint density at radius 2 is 1.52 bits per heavy atom. The quantitative estimate of drug-likeness (QED) is 0.606. The zero-order valence-corrected chi connectivity index (χ0v) is 18.3. The Balaban J connectivity index is 2.44. The summed E-state index contributed by atoms with van der Waals surface area (Å²) >= 11 is 0. The molecule has 1 aromatic heterocycles. The first-order valence-electron chi connectivity index (χ1n) is 9.51. The minimum absolute atomic E-state index is 0.0472. The van der Waals surface area contributed by atoms with Gasteiger partial charge in [0.25, 0.3) is 0 Å². The summed E-state index contributed by atoms with van der Waals surface area (Å²) in [6, 6.07) is 7.05. The molecule has 2 aromatic rings. The van der Waals surface area contributed by atoms with Crippen molar-refractivity contribution >= 4 is 11.9 Å². The summed E-state index contributed by atoms with van der Waals surface area (Å²) in [5, 5.41) is 0. The minimum atomic E-state index is -0.630. The molecule has 0 aliphatic heterocycles. The standard InChI is InChI=1S/C23H30O6/c1-22(2,3)13-28-20(24)17-12-27-19(15-9-8-10-16(11-15)26-7)18(17)21(25)29-14-23(4,5)6/h8-12H,13-14H2,1-7H3. The lowest BCUT2D eigenvalue weighted by atomic mass is 9.98. The molecule has 0 spiro atoms. The number of esters is 2. The molecule has 0 amide bonds. The lowest BCUT2D eigenvalue weighted by molar-refractivity contribution is 0.0324. The molecule has 0 unspecified atom stereocenters. The van der Waals surface area contributed by atoms with Crippen LogP contribution in [0, 0.1) is 10.8 Å². The maximum Gasteiger partial charge on any atom is 0.343 e. The van der Waals surface area contributed by atoms with Crippen molar-refractivity contribution < 1.29 is 28.2 Å². The van der Waals surface area contributed by atoms with E-state index in [-0.39, 0.29) is 40.9 Å². The fourth-order valence-electron chi connectivity index (χ4n) is 2.40. The molecule has 1 aromatic carbocycles. The van der Waals surface area contributed by atoms with E-state index in [1.807, 2.05) is 41.5 Å². The third-order valence-corrected chi connectivity index (χ3v) is 3.82. The van der Waals surface area contributed by atoms with Crippen molar-refractivity contribution in [3.8, 4) is 17.1 Å². The van der Waals surface area contributed by atoms with Gasteiger partial charge in [-0.3, -0.25) is 0 Å². The van der Waals surface area contributed by atoms with Crippen molar-refractivity contribution in [3.05, 3.63) is 41.7 Å². The predicted octanol–water partition coefficient (Wildman–Crippen LogP) is 5.36. The Morgan fingerprint density at radius 3 is 2.07 bits per heavy atom. The summed E-state index contributed by atoms with van der Waals surface area (Å²) in [5.74, 6) is -0.412. The first-order valence-corrected chi connectivity index (χ1v) is 9.51. The van der Waals surface area contributed by atoms with Gasteiger partial charge < -0.3 is 18.6 Å². The van der Waals surface area contributed by atoms with Gasteiger partial charge in [0.2, 0.25) is 0 Å². The molecule has 0 saturated carbocycles. The number of benzene rings is 1. The fourth-order valence-corrected chi connectivity index (χ4v) is 2.40. The molecule has 0 N–H and O–H groups in total. The van der Waals surface area contributed by atoms with Crippen LogP contribution in [0.2, 0.25) is 0 Å². The normalized spacial score (nSPS) is 11.8. The molecule has 0 saturated heterocycles. The number of hydrogen-bond acceptors (Lipinski definition) is 6. The van der Waals surface area contributed by atoms with Gasteiger partial charge in [-0.15, -0.1) is 0 Å². The van der Waals surface area contributed by atoms with Crippen LogP contribution in [-0.4, -0.2) is 32.3 Å². The van der Waals surface area contributed by atoms with Crippen LogP contribution in [0.3, 0.4) is 0 Å². The summed E-state index contributed by atoms with van der Waals surface area (Å²) in [4.78, 5) is 25.6. The SMILES string of the molecule is COc1cccc(-c2occ(C(=O)OCC(C)(C)C)c2C(=O)OCC(C)(C)C)c1. The summed E-state index contributed by atoms with van der Waals surface area (Å²) in [6.45, 7) is 12.1. The lowest BCUT2D eigenvalue weighted by Crippen LogP contribution is -2.22. The van der Waals surface area contributed by atoms with Gasteiger partial charge in [0.1, 0.15) is 28.9 Å². The van der Waals surface area contributed by atoms with Crippen LogP contribution >= 0.6 is 0 Å². The molecule has 0 atom stereocenters. The zero-order chi connectivity index (χ0) is 21.8. The van der Waals surface area contributed by atoms with E-state index in [4.69, 9.17) is 18.6 Å². The molecule has 0 fully saturated rings. The average Bonchev–Trinajstić information content (AvgIpc) is 3.08. The maximum atomic E-state index is 12.9. The van der Waals surface area contributed by atoms with Crippen molar-refractivity contribution in [3.63, 3.8) is 0 Å². The Labute approximate surface area is 172 Å². The maximum absolute atomic E-state index is 12.9. The molecule has 2 rings (SSSR count). The highest BCUT2D eigenvalue weighted by Gasteiger charge is 2.30.